The third-order valence-electron chi connectivity index (χ3n) is 8.50. The summed E-state index contributed by atoms with van der Waals surface area (Å²) in [6, 6.07) is 13.2. The number of hydrogen-bond donors (Lipinski definition) is 3. The van der Waals surface area contributed by atoms with Crippen molar-refractivity contribution in [3.05, 3.63) is 60.2 Å². The Bertz CT molecular complexity index is 1430. The molecule has 0 spiro atoms. The number of benzene rings is 2. The average molecular weight is 662 g/mol. The second-order valence-corrected chi connectivity index (χ2v) is 14.5. The Morgan fingerprint density at radius 1 is 1.17 bits per heavy atom. The molecule has 14 heteroatoms. The third kappa shape index (κ3) is 8.88. The Kier molecular flexibility index (Phi) is 11.9. The number of carboxylic acid groups (broad SMARTS) is 1. The van der Waals surface area contributed by atoms with Gasteiger partial charge in [-0.05, 0) is 55.4 Å². The van der Waals surface area contributed by atoms with E-state index in [1.54, 1.807) is 13.0 Å². The molecule has 2 aliphatic rings. The second kappa shape index (κ2) is 15.4. The smallest absolute Gasteiger partial charge is 0.407 e. The van der Waals surface area contributed by atoms with Gasteiger partial charge in [-0.15, -0.1) is 0 Å². The number of aliphatic hydroxyl groups excluding tert-OH is 1. The zero-order valence-electron chi connectivity index (χ0n) is 26.5. The summed E-state index contributed by atoms with van der Waals surface area (Å²) < 4.78 is 45.7. The van der Waals surface area contributed by atoms with Crippen LogP contribution in [0.3, 0.4) is 0 Å². The summed E-state index contributed by atoms with van der Waals surface area (Å²) in [5, 5.41) is 27.4. The first-order valence-corrected chi connectivity index (χ1v) is 17.0. The van der Waals surface area contributed by atoms with Gasteiger partial charge in [-0.1, -0.05) is 50.2 Å². The molecule has 4 N–H and O–H groups in total. The van der Waals surface area contributed by atoms with E-state index < -0.39 is 58.6 Å². The first-order chi connectivity index (χ1) is 21.8. The average Bonchev–Trinajstić information content (AvgIpc) is 3.62. The molecule has 0 saturated carbocycles. The number of carbonyl (C=O) groups is 2. The molecule has 2 heterocycles. The van der Waals surface area contributed by atoms with E-state index in [2.05, 4.69) is 5.32 Å². The number of rotatable bonds is 15. The highest BCUT2D eigenvalue weighted by Gasteiger charge is 2.47. The molecule has 2 aliphatic heterocycles. The number of nitrogens with two attached hydrogens (primary N) is 1. The van der Waals surface area contributed by atoms with Crippen molar-refractivity contribution in [1.29, 1.82) is 0 Å². The zero-order valence-corrected chi connectivity index (χ0v) is 27.4. The van der Waals surface area contributed by atoms with Crippen LogP contribution in [-0.4, -0.2) is 98.8 Å². The number of nitrogens with zero attached hydrogens (tertiary/aromatic N) is 2. The lowest BCUT2D eigenvalue weighted by Gasteiger charge is -2.43. The zero-order chi connectivity index (χ0) is 33.5. The first-order valence-electron chi connectivity index (χ1n) is 15.5. The molecule has 46 heavy (non-hydrogen) atoms. The molecule has 0 radical (unpaired) electrons. The van der Waals surface area contributed by atoms with Crippen molar-refractivity contribution in [3.8, 4) is 0 Å². The minimum Gasteiger partial charge on any atom is -0.530 e. The number of amides is 2. The molecular formula is C32H45N4O9S-. The number of carbonyl (C=O) groups excluding carboxylic acids is 2. The van der Waals surface area contributed by atoms with Crippen LogP contribution in [0, 0.1) is 11.3 Å². The molecule has 2 amide bonds. The van der Waals surface area contributed by atoms with Gasteiger partial charge >= 0.3 is 6.09 Å². The van der Waals surface area contributed by atoms with E-state index in [0.717, 1.165) is 14.8 Å². The Morgan fingerprint density at radius 2 is 1.91 bits per heavy atom. The fraction of sp³-hybridized carbons (Fsp3) is 0.562. The van der Waals surface area contributed by atoms with E-state index in [0.29, 0.717) is 19.4 Å². The summed E-state index contributed by atoms with van der Waals surface area (Å²) in [6.45, 7) is 5.83. The molecule has 5 atom stereocenters. The van der Waals surface area contributed by atoms with Gasteiger partial charge in [0.05, 0.1) is 42.9 Å². The van der Waals surface area contributed by atoms with Gasteiger partial charge in [-0.3, -0.25) is 0 Å². The van der Waals surface area contributed by atoms with Crippen LogP contribution in [0.2, 0.25) is 0 Å². The van der Waals surface area contributed by atoms with Crippen molar-refractivity contribution >= 4 is 27.9 Å². The fourth-order valence-electron chi connectivity index (χ4n) is 6.16. The molecule has 4 rings (SSSR count). The van der Waals surface area contributed by atoms with Crippen LogP contribution in [-0.2, 0) is 30.7 Å². The molecule has 2 aromatic rings. The van der Waals surface area contributed by atoms with Gasteiger partial charge in [-0.2, -0.15) is 4.31 Å². The van der Waals surface area contributed by atoms with Crippen LogP contribution in [0.5, 0.6) is 0 Å². The second-order valence-electron chi connectivity index (χ2n) is 12.5. The monoisotopic (exact) mass is 661 g/mol. The minimum atomic E-state index is -4.23. The Labute approximate surface area is 270 Å². The highest BCUT2D eigenvalue weighted by Crippen LogP contribution is 2.36. The summed E-state index contributed by atoms with van der Waals surface area (Å²) in [6.07, 6.45) is -3.02. The normalized spacial score (nSPS) is 21.0. The van der Waals surface area contributed by atoms with Crippen LogP contribution in [0.4, 0.5) is 15.3 Å². The predicted octanol–water partition coefficient (Wildman–Crippen LogP) is 1.80. The molecule has 0 bridgehead atoms. The number of alkyl carbamates (subject to hydrolysis) is 1. The molecule has 0 unspecified atom stereocenters. The van der Waals surface area contributed by atoms with E-state index in [1.165, 1.54) is 18.2 Å². The summed E-state index contributed by atoms with van der Waals surface area (Å²) in [7, 11) is -4.23. The number of hydrogen-bond acceptors (Lipinski definition) is 10. The highest BCUT2D eigenvalue weighted by atomic mass is 32.2. The third-order valence-corrected chi connectivity index (χ3v) is 10.3. The molecule has 0 aromatic heterocycles. The number of sulfonamides is 1. The van der Waals surface area contributed by atoms with Crippen molar-refractivity contribution in [1.82, 2.24) is 14.5 Å². The molecule has 2 saturated heterocycles. The summed E-state index contributed by atoms with van der Waals surface area (Å²) in [5.74, 6) is -0.249. The maximum absolute atomic E-state index is 14.1. The van der Waals surface area contributed by atoms with Crippen molar-refractivity contribution in [2.45, 2.75) is 69.4 Å². The van der Waals surface area contributed by atoms with Crippen molar-refractivity contribution < 1.29 is 42.4 Å². The lowest BCUT2D eigenvalue weighted by molar-refractivity contribution is -0.273. The number of anilines is 1. The number of aliphatic hydroxyl groups is 1. The van der Waals surface area contributed by atoms with E-state index in [4.69, 9.17) is 19.9 Å². The topological polar surface area (TPSA) is 184 Å². The minimum absolute atomic E-state index is 0.0554. The van der Waals surface area contributed by atoms with Crippen molar-refractivity contribution in [2.24, 2.45) is 11.3 Å². The SMILES string of the molecule is CCOC(=O)NCCC(C)(C)CN(C[C@@H](O)[C@H](Cc1ccccc1)N(C(=O)[O-])[C@H]1CO[C@H]2OCC[C@H]21)S(=O)(=O)c1cccc(N)c1. The largest absolute Gasteiger partial charge is 0.530 e. The predicted molar refractivity (Wildman–Crippen MR) is 168 cm³/mol. The van der Waals surface area contributed by atoms with Gasteiger partial charge in [0.25, 0.3) is 0 Å². The summed E-state index contributed by atoms with van der Waals surface area (Å²) >= 11 is 0. The van der Waals surface area contributed by atoms with E-state index in [9.17, 15) is 28.2 Å². The summed E-state index contributed by atoms with van der Waals surface area (Å²) in [5.41, 5.74) is 6.25. The maximum atomic E-state index is 14.1. The molecule has 13 nitrogen and oxygen atoms in total. The standard InChI is InChI=1S/C32H46N4O9S/c1-4-43-30(38)34-15-14-32(2,3)21-35(46(41,42)24-12-8-11-23(33)18-24)19-28(37)26(17-22-9-6-5-7-10-22)36(31(39)40)27-20-45-29-25(27)13-16-44-29/h5-12,18,25-29,37H,4,13-17,19-21,33H2,1-3H3,(H,34,38)(H,39,40)/p-1/t25-,26-,27-,28+,29+/m0/s1. The van der Waals surface area contributed by atoms with Crippen LogP contribution < -0.4 is 16.2 Å². The molecule has 2 fully saturated rings. The van der Waals surface area contributed by atoms with E-state index in [1.807, 2.05) is 44.2 Å². The Balaban J connectivity index is 1.66. The quantitative estimate of drug-likeness (QED) is 0.238. The van der Waals surface area contributed by atoms with Gasteiger partial charge in [0.15, 0.2) is 6.29 Å². The lowest BCUT2D eigenvalue weighted by Crippen LogP contribution is -2.61. The Hall–Kier alpha value is -3.43. The van der Waals surface area contributed by atoms with Crippen LogP contribution in [0.1, 0.15) is 39.2 Å². The maximum Gasteiger partial charge on any atom is 0.407 e. The van der Waals surface area contributed by atoms with Gasteiger partial charge < -0.3 is 45.2 Å². The lowest BCUT2D eigenvalue weighted by atomic mass is 9.89. The van der Waals surface area contributed by atoms with Gasteiger partial charge in [0, 0.05) is 31.2 Å². The van der Waals surface area contributed by atoms with Gasteiger partial charge in [-0.25, -0.2) is 13.2 Å². The number of fused-ring (bicyclic) bond motifs is 1. The van der Waals surface area contributed by atoms with Crippen LogP contribution in [0.15, 0.2) is 59.5 Å². The Morgan fingerprint density at radius 3 is 2.59 bits per heavy atom. The number of nitrogen functional groups attached to an aromatic ring is 1. The van der Waals surface area contributed by atoms with Crippen LogP contribution in [0.25, 0.3) is 0 Å². The van der Waals surface area contributed by atoms with Gasteiger partial charge in [0.2, 0.25) is 10.0 Å². The molecular weight excluding hydrogens is 616 g/mol. The van der Waals surface area contributed by atoms with E-state index in [-0.39, 0.29) is 49.2 Å². The fourth-order valence-corrected chi connectivity index (χ4v) is 7.87. The van der Waals surface area contributed by atoms with Crippen molar-refractivity contribution in [2.75, 3.05) is 45.2 Å². The number of ether oxygens (including phenoxy) is 3. The molecule has 254 valence electrons. The molecule has 0 aliphatic carbocycles. The molecule has 2 aromatic carbocycles. The van der Waals surface area contributed by atoms with E-state index >= 15 is 0 Å². The first kappa shape index (κ1) is 35.4. The van der Waals surface area contributed by atoms with Crippen molar-refractivity contribution in [3.63, 3.8) is 0 Å². The number of nitrogens with one attached hydrogen (secondary N) is 1. The highest BCUT2D eigenvalue weighted by molar-refractivity contribution is 7.89. The van der Waals surface area contributed by atoms with Crippen LogP contribution >= 0.6 is 0 Å². The van der Waals surface area contributed by atoms with Gasteiger partial charge in [0.1, 0.15) is 6.09 Å². The summed E-state index contributed by atoms with van der Waals surface area (Å²) in [4.78, 5) is 25.7.